The number of carbonyl (C=O) groups is 1. The monoisotopic (exact) mass is 267 g/mol. The Balaban J connectivity index is 2.02. The van der Waals surface area contributed by atoms with Gasteiger partial charge < -0.3 is 9.15 Å². The number of ether oxygens (including phenoxy) is 1. The molecule has 1 aromatic heterocycles. The maximum atomic E-state index is 12.1. The molecule has 0 radical (unpaired) electrons. The van der Waals surface area contributed by atoms with Crippen LogP contribution in [0.25, 0.3) is 0 Å². The van der Waals surface area contributed by atoms with Crippen molar-refractivity contribution in [3.63, 3.8) is 0 Å². The smallest absolute Gasteiger partial charge is 0.439 e. The van der Waals surface area contributed by atoms with E-state index in [0.29, 0.717) is 11.5 Å². The van der Waals surface area contributed by atoms with Gasteiger partial charge in [-0.1, -0.05) is 19.3 Å². The second kappa shape index (κ2) is 6.10. The minimum absolute atomic E-state index is 0.111. The van der Waals surface area contributed by atoms with Gasteiger partial charge in [0.15, 0.2) is 5.75 Å². The van der Waals surface area contributed by atoms with Crippen LogP contribution in [-0.4, -0.2) is 24.3 Å². The summed E-state index contributed by atoms with van der Waals surface area (Å²) in [5.74, 6) is 1.79. The van der Waals surface area contributed by atoms with Gasteiger partial charge in [0.2, 0.25) is 0 Å². The fourth-order valence-electron chi connectivity index (χ4n) is 2.54. The van der Waals surface area contributed by atoms with Crippen LogP contribution in [0.2, 0.25) is 0 Å². The molecular formula is C14H21NO4. The summed E-state index contributed by atoms with van der Waals surface area (Å²) in [7, 11) is 1.50. The zero-order valence-corrected chi connectivity index (χ0v) is 11.8. The summed E-state index contributed by atoms with van der Waals surface area (Å²) in [4.78, 5) is 17.3. The van der Waals surface area contributed by atoms with Crippen molar-refractivity contribution < 1.29 is 18.8 Å². The number of aryl methyl sites for hydroxylation is 2. The molecule has 0 spiro atoms. The second-order valence-corrected chi connectivity index (χ2v) is 4.95. The van der Waals surface area contributed by atoms with Crippen LogP contribution >= 0.6 is 0 Å². The fourth-order valence-corrected chi connectivity index (χ4v) is 2.54. The summed E-state index contributed by atoms with van der Waals surface area (Å²) in [6, 6.07) is 1.82. The molecule has 106 valence electrons. The first-order chi connectivity index (χ1) is 9.11. The highest BCUT2D eigenvalue weighted by molar-refractivity contribution is 5.70. The Bertz CT molecular complexity index is 435. The summed E-state index contributed by atoms with van der Waals surface area (Å²) in [6.07, 6.45) is 4.93. The quantitative estimate of drug-likeness (QED) is 0.785. The molecule has 0 aromatic carbocycles. The molecular weight excluding hydrogens is 246 g/mol. The molecule has 1 heterocycles. The molecule has 0 unspecified atom stereocenters. The molecule has 2 rings (SSSR count). The topological polar surface area (TPSA) is 51.9 Å². The number of hydroxylamine groups is 2. The first-order valence-electron chi connectivity index (χ1n) is 6.74. The van der Waals surface area contributed by atoms with Gasteiger partial charge in [-0.15, -0.1) is 0 Å². The number of rotatable bonds is 3. The van der Waals surface area contributed by atoms with Crippen LogP contribution in [0, 0.1) is 13.8 Å². The zero-order chi connectivity index (χ0) is 13.8. The Hall–Kier alpha value is -1.49. The zero-order valence-electron chi connectivity index (χ0n) is 11.8. The van der Waals surface area contributed by atoms with E-state index in [1.54, 1.807) is 13.0 Å². The minimum atomic E-state index is -0.474. The van der Waals surface area contributed by atoms with Crippen LogP contribution in [0.4, 0.5) is 4.79 Å². The van der Waals surface area contributed by atoms with Crippen molar-refractivity contribution in [1.29, 1.82) is 0 Å². The number of hydrogen-bond donors (Lipinski definition) is 0. The average Bonchev–Trinajstić information content (AvgIpc) is 2.70. The average molecular weight is 267 g/mol. The molecule has 19 heavy (non-hydrogen) atoms. The van der Waals surface area contributed by atoms with Crippen LogP contribution in [0.15, 0.2) is 10.5 Å². The molecule has 1 aliphatic rings. The predicted molar refractivity (Wildman–Crippen MR) is 69.9 cm³/mol. The van der Waals surface area contributed by atoms with Crippen molar-refractivity contribution >= 4 is 6.09 Å². The van der Waals surface area contributed by atoms with E-state index in [9.17, 15) is 4.79 Å². The lowest BCUT2D eigenvalue weighted by atomic mass is 9.95. The van der Waals surface area contributed by atoms with Gasteiger partial charge in [-0.3, -0.25) is 4.84 Å². The van der Waals surface area contributed by atoms with Gasteiger partial charge in [-0.05, 0) is 26.7 Å². The van der Waals surface area contributed by atoms with Gasteiger partial charge in [0.05, 0.1) is 13.2 Å². The summed E-state index contributed by atoms with van der Waals surface area (Å²) in [5.41, 5.74) is 0. The van der Waals surface area contributed by atoms with Gasteiger partial charge in [0.1, 0.15) is 11.5 Å². The molecule has 1 amide bonds. The maximum Gasteiger partial charge on any atom is 0.439 e. The first kappa shape index (κ1) is 13.9. The van der Waals surface area contributed by atoms with Gasteiger partial charge in [0.25, 0.3) is 0 Å². The van der Waals surface area contributed by atoms with E-state index >= 15 is 0 Å². The van der Waals surface area contributed by atoms with Crippen molar-refractivity contribution in [3.8, 4) is 5.75 Å². The largest absolute Gasteiger partial charge is 0.463 e. The number of hydrogen-bond acceptors (Lipinski definition) is 4. The van der Waals surface area contributed by atoms with Crippen molar-refractivity contribution in [2.24, 2.45) is 0 Å². The Labute approximate surface area is 113 Å². The van der Waals surface area contributed by atoms with E-state index in [4.69, 9.17) is 14.0 Å². The Kier molecular flexibility index (Phi) is 4.47. The van der Waals surface area contributed by atoms with E-state index in [1.807, 2.05) is 6.92 Å². The fraction of sp³-hybridized carbons (Fsp3) is 0.643. The summed E-state index contributed by atoms with van der Waals surface area (Å²) in [6.45, 7) is 3.59. The van der Waals surface area contributed by atoms with Gasteiger partial charge in [-0.25, -0.2) is 4.79 Å². The molecule has 0 bridgehead atoms. The third-order valence-electron chi connectivity index (χ3n) is 3.48. The SMILES string of the molecule is CON(C(=O)Oc1cc(C)oc1C)C1CCCCC1. The van der Waals surface area contributed by atoms with Crippen LogP contribution in [0.3, 0.4) is 0 Å². The lowest BCUT2D eigenvalue weighted by Crippen LogP contribution is -2.42. The van der Waals surface area contributed by atoms with E-state index in [2.05, 4.69) is 0 Å². The maximum absolute atomic E-state index is 12.1. The van der Waals surface area contributed by atoms with Gasteiger partial charge >= 0.3 is 6.09 Å². The Morgan fingerprint density at radius 1 is 1.32 bits per heavy atom. The Morgan fingerprint density at radius 3 is 2.53 bits per heavy atom. The molecule has 1 saturated carbocycles. The standard InChI is InChI=1S/C14H21NO4/c1-10-9-13(11(2)18-10)19-14(16)15(17-3)12-7-5-4-6-8-12/h9,12H,4-8H2,1-3H3. The van der Waals surface area contributed by atoms with Crippen LogP contribution in [-0.2, 0) is 4.84 Å². The molecule has 0 aliphatic heterocycles. The number of carbonyl (C=O) groups excluding carboxylic acids is 1. The molecule has 5 heteroatoms. The van der Waals surface area contributed by atoms with Crippen LogP contribution in [0.5, 0.6) is 5.75 Å². The molecule has 0 atom stereocenters. The van der Waals surface area contributed by atoms with Gasteiger partial charge in [-0.2, -0.15) is 5.06 Å². The summed E-state index contributed by atoms with van der Waals surface area (Å²) >= 11 is 0. The van der Waals surface area contributed by atoms with Crippen LogP contribution in [0.1, 0.15) is 43.6 Å². The summed E-state index contributed by atoms with van der Waals surface area (Å²) < 4.78 is 10.7. The minimum Gasteiger partial charge on any atom is -0.463 e. The number of furan rings is 1. The lowest BCUT2D eigenvalue weighted by Gasteiger charge is -2.30. The van der Waals surface area contributed by atoms with E-state index < -0.39 is 6.09 Å². The van der Waals surface area contributed by atoms with Crippen molar-refractivity contribution in [1.82, 2.24) is 5.06 Å². The molecule has 1 aliphatic carbocycles. The molecule has 1 fully saturated rings. The molecule has 0 N–H and O–H groups in total. The lowest BCUT2D eigenvalue weighted by molar-refractivity contribution is -0.135. The third-order valence-corrected chi connectivity index (χ3v) is 3.48. The Morgan fingerprint density at radius 2 is 2.00 bits per heavy atom. The van der Waals surface area contributed by atoms with E-state index in [-0.39, 0.29) is 6.04 Å². The molecule has 5 nitrogen and oxygen atoms in total. The van der Waals surface area contributed by atoms with Crippen molar-refractivity contribution in [3.05, 3.63) is 17.6 Å². The third kappa shape index (κ3) is 3.29. The number of nitrogens with zero attached hydrogens (tertiary/aromatic N) is 1. The highest BCUT2D eigenvalue weighted by atomic mass is 16.7. The first-order valence-corrected chi connectivity index (χ1v) is 6.74. The second-order valence-electron chi connectivity index (χ2n) is 4.95. The number of amides is 1. The van der Waals surface area contributed by atoms with Crippen molar-refractivity contribution in [2.45, 2.75) is 52.0 Å². The highest BCUT2D eigenvalue weighted by Gasteiger charge is 2.28. The van der Waals surface area contributed by atoms with E-state index in [0.717, 1.165) is 31.4 Å². The normalized spacial score (nSPS) is 16.4. The predicted octanol–water partition coefficient (Wildman–Crippen LogP) is 3.59. The molecule has 0 saturated heterocycles. The highest BCUT2D eigenvalue weighted by Crippen LogP contribution is 2.26. The van der Waals surface area contributed by atoms with E-state index in [1.165, 1.54) is 18.6 Å². The van der Waals surface area contributed by atoms with Crippen LogP contribution < -0.4 is 4.74 Å². The summed E-state index contributed by atoms with van der Waals surface area (Å²) in [5, 5.41) is 1.35. The van der Waals surface area contributed by atoms with Crippen molar-refractivity contribution in [2.75, 3.05) is 7.11 Å². The van der Waals surface area contributed by atoms with Gasteiger partial charge in [0, 0.05) is 6.07 Å². The molecule has 1 aromatic rings.